The Hall–Kier alpha value is -4.22. The summed E-state index contributed by atoms with van der Waals surface area (Å²) in [5, 5.41) is 5.02. The van der Waals surface area contributed by atoms with E-state index < -0.39 is 17.1 Å². The van der Waals surface area contributed by atoms with Gasteiger partial charge in [0.05, 0.1) is 10.9 Å². The van der Waals surface area contributed by atoms with Crippen LogP contribution in [0.3, 0.4) is 0 Å². The third kappa shape index (κ3) is 7.15. The van der Waals surface area contributed by atoms with Gasteiger partial charge in [-0.15, -0.1) is 11.8 Å². The van der Waals surface area contributed by atoms with E-state index in [0.29, 0.717) is 16.9 Å². The van der Waals surface area contributed by atoms with Gasteiger partial charge < -0.3 is 10.6 Å². The minimum absolute atomic E-state index is 0.0792. The van der Waals surface area contributed by atoms with E-state index in [9.17, 15) is 19.2 Å². The van der Waals surface area contributed by atoms with Crippen LogP contribution in [0.15, 0.2) is 114 Å². The van der Waals surface area contributed by atoms with E-state index in [0.717, 1.165) is 19.6 Å². The number of nitrogens with one attached hydrogen (secondary N) is 2. The van der Waals surface area contributed by atoms with Gasteiger partial charge in [-0.2, -0.15) is 0 Å². The molecule has 1 atom stereocenters. The zero-order valence-corrected chi connectivity index (χ0v) is 25.5. The number of nitrogens with zero attached hydrogens (tertiary/aromatic N) is 1. The lowest BCUT2D eigenvalue weighted by atomic mass is 10.1. The lowest BCUT2D eigenvalue weighted by Crippen LogP contribution is -2.31. The van der Waals surface area contributed by atoms with Crippen molar-refractivity contribution in [3.8, 4) is 0 Å². The third-order valence-corrected chi connectivity index (χ3v) is 8.38. The van der Waals surface area contributed by atoms with E-state index >= 15 is 0 Å². The molecule has 0 saturated carbocycles. The quantitative estimate of drug-likeness (QED) is 0.127. The Morgan fingerprint density at radius 2 is 1.62 bits per heavy atom. The van der Waals surface area contributed by atoms with Gasteiger partial charge in [-0.3, -0.25) is 19.2 Å². The van der Waals surface area contributed by atoms with Crippen molar-refractivity contribution in [2.24, 2.45) is 0 Å². The molecule has 2 N–H and O–H groups in total. The molecule has 1 saturated heterocycles. The highest BCUT2D eigenvalue weighted by Gasteiger charge is 2.40. The molecule has 1 aliphatic heterocycles. The Balaban J connectivity index is 1.32. The predicted molar refractivity (Wildman–Crippen MR) is 174 cm³/mol. The van der Waals surface area contributed by atoms with Crippen LogP contribution in [-0.2, 0) is 14.4 Å². The van der Waals surface area contributed by atoms with E-state index in [1.165, 1.54) is 16.7 Å². The number of anilines is 2. The number of rotatable bonds is 8. The third-order valence-electron chi connectivity index (χ3n) is 6.48. The van der Waals surface area contributed by atoms with Crippen molar-refractivity contribution < 1.29 is 19.2 Å². The molecule has 1 heterocycles. The van der Waals surface area contributed by atoms with Gasteiger partial charge in [-0.1, -0.05) is 54.1 Å². The molecule has 1 unspecified atom stereocenters. The molecule has 0 aromatic heterocycles. The first-order valence-corrected chi connectivity index (χ1v) is 15.1. The summed E-state index contributed by atoms with van der Waals surface area (Å²) in [6.45, 7) is 1.97. The van der Waals surface area contributed by atoms with Gasteiger partial charge in [0.1, 0.15) is 5.70 Å². The van der Waals surface area contributed by atoms with Crippen LogP contribution in [0.4, 0.5) is 11.4 Å². The fourth-order valence-electron chi connectivity index (χ4n) is 4.34. The van der Waals surface area contributed by atoms with Crippen LogP contribution in [0.5, 0.6) is 0 Å². The number of imide groups is 1. The highest BCUT2D eigenvalue weighted by molar-refractivity contribution is 14.1. The molecule has 1 fully saturated rings. The molecule has 42 heavy (non-hydrogen) atoms. The highest BCUT2D eigenvalue weighted by Crippen LogP contribution is 2.35. The highest BCUT2D eigenvalue weighted by atomic mass is 127. The molecule has 0 spiro atoms. The zero-order chi connectivity index (χ0) is 29.6. The summed E-state index contributed by atoms with van der Waals surface area (Å²) in [5.41, 5.74) is 3.37. The van der Waals surface area contributed by atoms with Crippen LogP contribution in [0.2, 0.25) is 0 Å². The first kappa shape index (κ1) is 29.3. The molecule has 1 aliphatic rings. The molecular weight excluding hydrogens is 661 g/mol. The molecule has 7 nitrogen and oxygen atoms in total. The summed E-state index contributed by atoms with van der Waals surface area (Å²) >= 11 is 3.45. The molecule has 0 aliphatic carbocycles. The fourth-order valence-corrected chi connectivity index (χ4v) is 5.81. The molecule has 4 aromatic rings. The second kappa shape index (κ2) is 13.2. The number of hydrogen-bond acceptors (Lipinski definition) is 5. The molecule has 0 radical (unpaired) electrons. The molecule has 4 amide bonds. The van der Waals surface area contributed by atoms with Gasteiger partial charge in [0.2, 0.25) is 11.8 Å². The van der Waals surface area contributed by atoms with Crippen molar-refractivity contribution >= 4 is 75.4 Å². The Bertz CT molecular complexity index is 1670. The van der Waals surface area contributed by atoms with Crippen molar-refractivity contribution in [1.29, 1.82) is 0 Å². The van der Waals surface area contributed by atoms with Crippen LogP contribution in [0.25, 0.3) is 6.08 Å². The second-order valence-electron chi connectivity index (χ2n) is 9.63. The summed E-state index contributed by atoms with van der Waals surface area (Å²) in [6.07, 6.45) is 1.71. The summed E-state index contributed by atoms with van der Waals surface area (Å²) in [5.74, 6) is -1.43. The number of amides is 4. The van der Waals surface area contributed by atoms with E-state index in [-0.39, 0.29) is 23.9 Å². The summed E-state index contributed by atoms with van der Waals surface area (Å²) < 4.78 is 1.01. The van der Waals surface area contributed by atoms with E-state index in [4.69, 9.17) is 0 Å². The molecule has 0 bridgehead atoms. The molecule has 5 rings (SSSR count). The SMILES string of the molecule is Cc1ccc(/C=C(\NC(=O)c2ccccc2)C(=O)Nc2cccc(SC3CC(=O)N(c4ccc(I)cc4)C3=O)c2)cc1. The van der Waals surface area contributed by atoms with Gasteiger partial charge in [-0.05, 0) is 95.8 Å². The zero-order valence-electron chi connectivity index (χ0n) is 22.5. The molecule has 4 aromatic carbocycles. The van der Waals surface area contributed by atoms with Gasteiger partial charge in [0.15, 0.2) is 0 Å². The second-order valence-corrected chi connectivity index (χ2v) is 12.1. The number of carbonyl (C=O) groups is 4. The molecular formula is C33H26IN3O4S. The standard InChI is InChI=1S/C33H26IN3O4S/c1-21-10-12-22(13-11-21)18-28(36-31(39)23-6-3-2-4-7-23)32(40)35-25-8-5-9-27(19-25)42-29-20-30(38)37(33(29)41)26-16-14-24(34)15-17-26/h2-19,29H,20H2,1H3,(H,35,40)(H,36,39)/b28-18-. The number of hydrogen-bond donors (Lipinski definition) is 2. The van der Waals surface area contributed by atoms with Crippen LogP contribution < -0.4 is 15.5 Å². The number of halogens is 1. The maximum absolute atomic E-state index is 13.4. The maximum Gasteiger partial charge on any atom is 0.272 e. The first-order chi connectivity index (χ1) is 20.3. The van der Waals surface area contributed by atoms with Crippen molar-refractivity contribution in [2.75, 3.05) is 10.2 Å². The van der Waals surface area contributed by atoms with Gasteiger partial charge >= 0.3 is 0 Å². The molecule has 9 heteroatoms. The molecule has 210 valence electrons. The Labute approximate surface area is 261 Å². The summed E-state index contributed by atoms with van der Waals surface area (Å²) in [4.78, 5) is 54.1. The number of carbonyl (C=O) groups excluding carboxylic acids is 4. The van der Waals surface area contributed by atoms with E-state index in [2.05, 4.69) is 33.2 Å². The maximum atomic E-state index is 13.4. The smallest absolute Gasteiger partial charge is 0.272 e. The minimum atomic E-state index is -0.579. The average molecular weight is 688 g/mol. The fraction of sp³-hybridized carbons (Fsp3) is 0.0909. The van der Waals surface area contributed by atoms with Crippen molar-refractivity contribution in [1.82, 2.24) is 5.32 Å². The summed E-state index contributed by atoms with van der Waals surface area (Å²) in [6, 6.07) is 30.6. The minimum Gasteiger partial charge on any atom is -0.321 e. The van der Waals surface area contributed by atoms with Crippen molar-refractivity contribution in [3.05, 3.63) is 129 Å². The Morgan fingerprint density at radius 1 is 0.905 bits per heavy atom. The van der Waals surface area contributed by atoms with Crippen molar-refractivity contribution in [2.45, 2.75) is 23.5 Å². The van der Waals surface area contributed by atoms with Crippen LogP contribution in [-0.4, -0.2) is 28.9 Å². The van der Waals surface area contributed by atoms with Gasteiger partial charge in [0, 0.05) is 26.1 Å². The van der Waals surface area contributed by atoms with Gasteiger partial charge in [-0.25, -0.2) is 4.90 Å². The predicted octanol–water partition coefficient (Wildman–Crippen LogP) is 6.43. The topological polar surface area (TPSA) is 95.6 Å². The van der Waals surface area contributed by atoms with Crippen LogP contribution in [0.1, 0.15) is 27.9 Å². The monoisotopic (exact) mass is 687 g/mol. The van der Waals surface area contributed by atoms with E-state index in [1.54, 1.807) is 60.7 Å². The average Bonchev–Trinajstić information content (AvgIpc) is 3.26. The summed E-state index contributed by atoms with van der Waals surface area (Å²) in [7, 11) is 0. The van der Waals surface area contributed by atoms with Gasteiger partial charge in [0.25, 0.3) is 11.8 Å². The first-order valence-electron chi connectivity index (χ1n) is 13.1. The Kier molecular flexibility index (Phi) is 9.19. The van der Waals surface area contributed by atoms with Crippen molar-refractivity contribution in [3.63, 3.8) is 0 Å². The lowest BCUT2D eigenvalue weighted by molar-refractivity contribution is -0.121. The lowest BCUT2D eigenvalue weighted by Gasteiger charge is -2.15. The Morgan fingerprint density at radius 3 is 2.33 bits per heavy atom. The normalized spacial score (nSPS) is 15.0. The number of thioether (sulfide) groups is 1. The number of benzene rings is 4. The van der Waals surface area contributed by atoms with Crippen LogP contribution in [0, 0.1) is 10.5 Å². The largest absolute Gasteiger partial charge is 0.321 e. The number of aryl methyl sites for hydroxylation is 1. The van der Waals surface area contributed by atoms with Crippen LogP contribution >= 0.6 is 34.4 Å². The van der Waals surface area contributed by atoms with E-state index in [1.807, 2.05) is 55.5 Å².